The topological polar surface area (TPSA) is 50.1 Å². The van der Waals surface area contributed by atoms with Gasteiger partial charge in [0.15, 0.2) is 0 Å². The van der Waals surface area contributed by atoms with E-state index in [1.165, 1.54) is 6.07 Å². The highest BCUT2D eigenvalue weighted by atomic mass is 79.9. The number of benzene rings is 1. The van der Waals surface area contributed by atoms with Crippen LogP contribution >= 0.6 is 27.7 Å². The molecule has 0 aliphatic carbocycles. The fraction of sp³-hybridized carbons (Fsp3) is 0.333. The number of carbonyl (C=O) groups excluding carboxylic acids is 1. The predicted molar refractivity (Wildman–Crippen MR) is 71.7 cm³/mol. The summed E-state index contributed by atoms with van der Waals surface area (Å²) in [6.45, 7) is 1.59. The molecule has 0 heterocycles. The molecule has 0 saturated heterocycles. The van der Waals surface area contributed by atoms with Crippen LogP contribution in [-0.2, 0) is 10.1 Å². The van der Waals surface area contributed by atoms with Crippen LogP contribution in [0.2, 0.25) is 0 Å². The first-order valence-corrected chi connectivity index (χ1v) is 7.32. The number of hydrogen-bond donors (Lipinski definition) is 0. The van der Waals surface area contributed by atoms with Crippen LogP contribution in [0, 0.1) is 11.3 Å². The normalized spacial score (nSPS) is 11.0. The molecule has 0 aromatic heterocycles. The first kappa shape index (κ1) is 16.9. The number of hydrogen-bond acceptors (Lipinski definition) is 4. The lowest BCUT2D eigenvalue weighted by atomic mass is 10.1. The molecule has 8 heteroatoms. The molecule has 0 amide bonds. The van der Waals surface area contributed by atoms with Gasteiger partial charge in [0.1, 0.15) is 0 Å². The molecule has 0 N–H and O–H groups in total. The maximum atomic E-state index is 12.5. The maximum absolute atomic E-state index is 12.5. The Kier molecular flexibility index (Phi) is 5.89. The summed E-state index contributed by atoms with van der Waals surface area (Å²) >= 11 is 2.70. The molecule has 0 bridgehead atoms. The largest absolute Gasteiger partial charge is 0.462 e. The second kappa shape index (κ2) is 6.99. The zero-order chi connectivity index (χ0) is 15.3. The predicted octanol–water partition coefficient (Wildman–Crippen LogP) is 4.24. The van der Waals surface area contributed by atoms with Gasteiger partial charge in [-0.2, -0.15) is 18.4 Å². The van der Waals surface area contributed by atoms with Gasteiger partial charge in [-0.1, -0.05) is 15.9 Å². The van der Waals surface area contributed by atoms with E-state index in [1.807, 2.05) is 6.07 Å². The molecule has 0 radical (unpaired) electrons. The van der Waals surface area contributed by atoms with E-state index in [2.05, 4.69) is 15.9 Å². The van der Waals surface area contributed by atoms with Gasteiger partial charge in [-0.05, 0) is 36.4 Å². The number of carbonyl (C=O) groups is 1. The molecule has 3 nitrogen and oxygen atoms in total. The number of esters is 1. The molecule has 0 unspecified atom stereocenters. The van der Waals surface area contributed by atoms with Crippen molar-refractivity contribution in [3.05, 3.63) is 28.8 Å². The Bertz CT molecular complexity index is 555. The van der Waals surface area contributed by atoms with E-state index < -0.39 is 23.2 Å². The molecule has 0 fully saturated rings. The van der Waals surface area contributed by atoms with E-state index in [9.17, 15) is 18.0 Å². The van der Waals surface area contributed by atoms with Crippen LogP contribution in [-0.4, -0.2) is 18.1 Å². The van der Waals surface area contributed by atoms with Crippen molar-refractivity contribution in [3.8, 4) is 6.07 Å². The van der Waals surface area contributed by atoms with E-state index >= 15 is 0 Å². The SMILES string of the molecule is CCOC(=O)c1cc(C#N)c(CBr)cc1SC(F)(F)F. The monoisotopic (exact) mass is 367 g/mol. The van der Waals surface area contributed by atoms with Gasteiger partial charge in [-0.3, -0.25) is 0 Å². The van der Waals surface area contributed by atoms with E-state index in [0.717, 1.165) is 6.07 Å². The van der Waals surface area contributed by atoms with Crippen LogP contribution < -0.4 is 0 Å². The number of thioether (sulfide) groups is 1. The first-order chi connectivity index (χ1) is 9.32. The molecule has 108 valence electrons. The van der Waals surface area contributed by atoms with Gasteiger partial charge in [-0.25, -0.2) is 4.79 Å². The molecular formula is C12H9BrF3NO2S. The minimum absolute atomic E-state index is 0.0387. The fourth-order valence-corrected chi connectivity index (χ4v) is 2.58. The van der Waals surface area contributed by atoms with E-state index in [-0.39, 0.29) is 28.0 Å². The second-order valence-electron chi connectivity index (χ2n) is 3.52. The molecule has 0 aliphatic heterocycles. The Morgan fingerprint density at radius 3 is 2.60 bits per heavy atom. The Hall–Kier alpha value is -1.20. The molecule has 1 rings (SSSR count). The summed E-state index contributed by atoms with van der Waals surface area (Å²) in [7, 11) is 0. The van der Waals surface area contributed by atoms with Gasteiger partial charge in [0, 0.05) is 10.2 Å². The average molecular weight is 368 g/mol. The van der Waals surface area contributed by atoms with Gasteiger partial charge < -0.3 is 4.74 Å². The lowest BCUT2D eigenvalue weighted by Gasteiger charge is -2.13. The summed E-state index contributed by atoms with van der Waals surface area (Å²) in [6.07, 6.45) is 0. The smallest absolute Gasteiger partial charge is 0.446 e. The number of halogens is 4. The first-order valence-electron chi connectivity index (χ1n) is 5.38. The highest BCUT2D eigenvalue weighted by Crippen LogP contribution is 2.40. The van der Waals surface area contributed by atoms with E-state index in [4.69, 9.17) is 10.00 Å². The minimum atomic E-state index is -4.53. The maximum Gasteiger partial charge on any atom is 0.446 e. The second-order valence-corrected chi connectivity index (χ2v) is 5.19. The van der Waals surface area contributed by atoms with Crippen LogP contribution in [0.4, 0.5) is 13.2 Å². The van der Waals surface area contributed by atoms with Crippen LogP contribution in [0.3, 0.4) is 0 Å². The summed E-state index contributed by atoms with van der Waals surface area (Å²) in [4.78, 5) is 11.4. The van der Waals surface area contributed by atoms with Gasteiger partial charge >= 0.3 is 11.5 Å². The number of nitriles is 1. The molecule has 0 aliphatic rings. The number of ether oxygens (including phenoxy) is 1. The molecule has 1 aromatic carbocycles. The zero-order valence-electron chi connectivity index (χ0n) is 10.3. The Morgan fingerprint density at radius 2 is 2.15 bits per heavy atom. The van der Waals surface area contributed by atoms with E-state index in [1.54, 1.807) is 6.92 Å². The summed E-state index contributed by atoms with van der Waals surface area (Å²) in [5.74, 6) is -0.878. The highest BCUT2D eigenvalue weighted by Gasteiger charge is 2.32. The van der Waals surface area contributed by atoms with Crippen molar-refractivity contribution in [2.75, 3.05) is 6.61 Å². The quantitative estimate of drug-likeness (QED) is 0.453. The molecule has 1 aromatic rings. The van der Waals surface area contributed by atoms with Crippen molar-refractivity contribution >= 4 is 33.7 Å². The van der Waals surface area contributed by atoms with Crippen molar-refractivity contribution < 1.29 is 22.7 Å². The van der Waals surface area contributed by atoms with Crippen LogP contribution in [0.25, 0.3) is 0 Å². The van der Waals surface area contributed by atoms with Crippen molar-refractivity contribution in [1.29, 1.82) is 5.26 Å². The van der Waals surface area contributed by atoms with Crippen LogP contribution in [0.15, 0.2) is 17.0 Å². The third-order valence-corrected chi connectivity index (χ3v) is 3.58. The molecular weight excluding hydrogens is 359 g/mol. The van der Waals surface area contributed by atoms with Crippen molar-refractivity contribution in [2.45, 2.75) is 22.7 Å². The summed E-state index contributed by atoms with van der Waals surface area (Å²) in [6, 6.07) is 4.15. The molecule has 0 atom stereocenters. The molecule has 0 saturated carbocycles. The van der Waals surface area contributed by atoms with Gasteiger partial charge in [0.2, 0.25) is 0 Å². The highest BCUT2D eigenvalue weighted by molar-refractivity contribution is 9.08. The summed E-state index contributed by atoms with van der Waals surface area (Å²) < 4.78 is 42.3. The number of rotatable bonds is 4. The van der Waals surface area contributed by atoms with Gasteiger partial charge in [-0.15, -0.1) is 0 Å². The van der Waals surface area contributed by atoms with Gasteiger partial charge in [0.05, 0.1) is 23.8 Å². The van der Waals surface area contributed by atoms with Crippen molar-refractivity contribution in [3.63, 3.8) is 0 Å². The van der Waals surface area contributed by atoms with Crippen LogP contribution in [0.5, 0.6) is 0 Å². The lowest BCUT2D eigenvalue weighted by molar-refractivity contribution is -0.0328. The Balaban J connectivity index is 3.37. The van der Waals surface area contributed by atoms with Crippen molar-refractivity contribution in [2.24, 2.45) is 0 Å². The molecule has 0 spiro atoms. The van der Waals surface area contributed by atoms with Crippen LogP contribution in [0.1, 0.15) is 28.4 Å². The summed E-state index contributed by atoms with van der Waals surface area (Å²) in [5, 5.41) is 9.17. The standard InChI is InChI=1S/C12H9BrF3NO2S/c1-2-19-11(18)9-3-8(6-17)7(5-13)4-10(9)20-12(14,15)16/h3-4H,2,5H2,1H3. The Labute approximate surface area is 126 Å². The number of alkyl halides is 4. The fourth-order valence-electron chi connectivity index (χ4n) is 1.41. The average Bonchev–Trinajstić information content (AvgIpc) is 2.36. The van der Waals surface area contributed by atoms with Gasteiger partial charge in [0.25, 0.3) is 0 Å². The summed E-state index contributed by atoms with van der Waals surface area (Å²) in [5.41, 5.74) is -4.27. The third-order valence-electron chi connectivity index (χ3n) is 2.19. The third kappa shape index (κ3) is 4.42. The lowest BCUT2D eigenvalue weighted by Crippen LogP contribution is -2.10. The van der Waals surface area contributed by atoms with E-state index in [0.29, 0.717) is 5.56 Å². The zero-order valence-corrected chi connectivity index (χ0v) is 12.7. The van der Waals surface area contributed by atoms with Crippen molar-refractivity contribution in [1.82, 2.24) is 0 Å². The number of nitrogens with zero attached hydrogens (tertiary/aromatic N) is 1. The Morgan fingerprint density at radius 1 is 1.50 bits per heavy atom. The minimum Gasteiger partial charge on any atom is -0.462 e. The molecule has 20 heavy (non-hydrogen) atoms.